The third kappa shape index (κ3) is 6.87. The fourth-order valence-corrected chi connectivity index (χ4v) is 6.81. The van der Waals surface area contributed by atoms with Crippen molar-refractivity contribution in [2.75, 3.05) is 18.4 Å². The molecule has 46 heavy (non-hydrogen) atoms. The van der Waals surface area contributed by atoms with Gasteiger partial charge in [0.1, 0.15) is 0 Å². The molecule has 8 nitrogen and oxygen atoms in total. The number of rotatable bonds is 11. The van der Waals surface area contributed by atoms with Gasteiger partial charge in [-0.15, -0.1) is 0 Å². The molecule has 6 rings (SSSR count). The van der Waals surface area contributed by atoms with Crippen LogP contribution in [0.3, 0.4) is 0 Å². The molecule has 4 aromatic rings. The van der Waals surface area contributed by atoms with E-state index >= 15 is 4.39 Å². The lowest BCUT2D eigenvalue weighted by molar-refractivity contribution is -0.252. The van der Waals surface area contributed by atoms with Crippen LogP contribution in [-0.4, -0.2) is 57.4 Å². The maximum atomic E-state index is 16.6. The average Bonchev–Trinajstić information content (AvgIpc) is 3.73. The van der Waals surface area contributed by atoms with Crippen LogP contribution in [0.2, 0.25) is 5.02 Å². The topological polar surface area (TPSA) is 101 Å². The highest BCUT2D eigenvalue weighted by Gasteiger charge is 2.48. The zero-order valence-corrected chi connectivity index (χ0v) is 26.2. The minimum absolute atomic E-state index is 0.227. The number of fused-ring (bicyclic) bond motifs is 1. The molecule has 0 radical (unpaired) electrons. The molecule has 1 saturated carbocycles. The molecule has 1 aliphatic carbocycles. The van der Waals surface area contributed by atoms with Gasteiger partial charge in [-0.1, -0.05) is 66.2 Å². The number of nitrogens with one attached hydrogen (secondary N) is 1. The smallest absolute Gasteiger partial charge is 0.330 e. The average molecular weight is 646 g/mol. The number of ketones is 1. The number of nitrogens with zero attached hydrogens (tertiary/aromatic N) is 2. The lowest BCUT2D eigenvalue weighted by Crippen LogP contribution is -2.54. The predicted octanol–water partition coefficient (Wildman–Crippen LogP) is 7.09. The van der Waals surface area contributed by atoms with E-state index in [1.807, 2.05) is 65.4 Å². The summed E-state index contributed by atoms with van der Waals surface area (Å²) in [5, 5.41) is 13.2. The number of ether oxygens (including phenoxy) is 1. The van der Waals surface area contributed by atoms with Gasteiger partial charge in [0.25, 0.3) is 5.91 Å². The predicted molar refractivity (Wildman–Crippen MR) is 175 cm³/mol. The molecule has 2 fully saturated rings. The van der Waals surface area contributed by atoms with Crippen LogP contribution in [0.15, 0.2) is 79.0 Å². The third-order valence-electron chi connectivity index (χ3n) is 9.08. The molecule has 1 unspecified atom stereocenters. The molecule has 240 valence electrons. The number of anilines is 1. The number of carbonyl (C=O) groups excluding carboxylic acids is 2. The van der Waals surface area contributed by atoms with Crippen LogP contribution >= 0.6 is 11.6 Å². The second-order valence-electron chi connectivity index (χ2n) is 12.2. The van der Waals surface area contributed by atoms with E-state index in [1.54, 1.807) is 18.2 Å². The number of para-hydroxylation sites is 1. The Hall–Kier alpha value is -4.05. The lowest BCUT2D eigenvalue weighted by Gasteiger charge is -2.37. The maximum absolute atomic E-state index is 16.6. The van der Waals surface area contributed by atoms with Crippen molar-refractivity contribution in [3.8, 4) is 0 Å². The SMILES string of the molecule is O=C(Nc1ccc(CC(=O)C(F)(OC2CCC(C(=O)O)CC2)N2CCCC2)cc1Cl)c1cn(Cc2ccccc2)c2ccccc12. The fraction of sp³-hybridized carbons (Fsp3) is 0.361. The van der Waals surface area contributed by atoms with Crippen LogP contribution in [0.5, 0.6) is 0 Å². The van der Waals surface area contributed by atoms with Crippen molar-refractivity contribution in [2.24, 2.45) is 5.92 Å². The van der Waals surface area contributed by atoms with Crippen molar-refractivity contribution < 1.29 is 28.6 Å². The maximum Gasteiger partial charge on any atom is 0.330 e. The molecule has 1 amide bonds. The number of alkyl halides is 1. The van der Waals surface area contributed by atoms with Gasteiger partial charge in [0.15, 0.2) is 0 Å². The summed E-state index contributed by atoms with van der Waals surface area (Å²) in [4.78, 5) is 39.8. The van der Waals surface area contributed by atoms with Crippen LogP contribution in [0.25, 0.3) is 10.9 Å². The number of amides is 1. The van der Waals surface area contributed by atoms with Gasteiger partial charge in [0, 0.05) is 43.2 Å². The Bertz CT molecular complexity index is 1730. The van der Waals surface area contributed by atoms with E-state index in [0.29, 0.717) is 62.1 Å². The number of benzene rings is 3. The zero-order valence-electron chi connectivity index (χ0n) is 25.5. The van der Waals surface area contributed by atoms with Crippen molar-refractivity contribution in [3.05, 3.63) is 101 Å². The minimum Gasteiger partial charge on any atom is -0.481 e. The van der Waals surface area contributed by atoms with Crippen molar-refractivity contribution in [1.82, 2.24) is 9.47 Å². The quantitative estimate of drug-likeness (QED) is 0.169. The van der Waals surface area contributed by atoms with E-state index in [0.717, 1.165) is 29.3 Å². The molecule has 2 N–H and O–H groups in total. The Morgan fingerprint density at radius 1 is 0.935 bits per heavy atom. The summed E-state index contributed by atoms with van der Waals surface area (Å²) < 4.78 is 24.5. The normalized spacial score (nSPS) is 20.0. The van der Waals surface area contributed by atoms with Crippen LogP contribution < -0.4 is 5.32 Å². The summed E-state index contributed by atoms with van der Waals surface area (Å²) in [5.41, 5.74) is 3.42. The summed E-state index contributed by atoms with van der Waals surface area (Å²) in [6, 6.07) is 22.6. The van der Waals surface area contributed by atoms with Crippen LogP contribution in [0, 0.1) is 5.92 Å². The van der Waals surface area contributed by atoms with E-state index in [4.69, 9.17) is 16.3 Å². The molecule has 0 spiro atoms. The van der Waals surface area contributed by atoms with E-state index in [-0.39, 0.29) is 17.4 Å². The number of hydrogen-bond donors (Lipinski definition) is 2. The van der Waals surface area contributed by atoms with E-state index in [9.17, 15) is 19.5 Å². The second kappa shape index (κ2) is 13.7. The Balaban J connectivity index is 1.15. The van der Waals surface area contributed by atoms with Gasteiger partial charge >= 0.3 is 11.9 Å². The number of carboxylic acid groups (broad SMARTS) is 1. The molecule has 10 heteroatoms. The van der Waals surface area contributed by atoms with Gasteiger partial charge < -0.3 is 19.7 Å². The minimum atomic E-state index is -2.61. The van der Waals surface area contributed by atoms with Crippen molar-refractivity contribution >= 4 is 45.9 Å². The first-order valence-electron chi connectivity index (χ1n) is 15.8. The highest BCUT2D eigenvalue weighted by Crippen LogP contribution is 2.35. The monoisotopic (exact) mass is 645 g/mol. The molecule has 1 saturated heterocycles. The molecule has 1 atom stereocenters. The highest BCUT2D eigenvalue weighted by molar-refractivity contribution is 6.34. The lowest BCUT2D eigenvalue weighted by atomic mass is 9.87. The van der Waals surface area contributed by atoms with E-state index in [1.165, 1.54) is 4.90 Å². The number of carboxylic acids is 1. The molecule has 1 aliphatic heterocycles. The first-order valence-corrected chi connectivity index (χ1v) is 16.2. The fourth-order valence-electron chi connectivity index (χ4n) is 6.56. The molecule has 2 heterocycles. The standard InChI is InChI=1S/C36H37ClFN3O5/c37-30-20-25(21-33(42)36(38,41-18-6-7-19-41)46-27-15-13-26(14-16-27)35(44)45)12-17-31(30)39-34(43)29-23-40(22-24-8-2-1-3-9-24)32-11-5-4-10-28(29)32/h1-5,8-12,17,20,23,26-27H,6-7,13-16,18-19,21-22H2,(H,39,43)(H,44,45). The van der Waals surface area contributed by atoms with E-state index < -0.39 is 29.8 Å². The third-order valence-corrected chi connectivity index (χ3v) is 9.39. The van der Waals surface area contributed by atoms with Crippen LogP contribution in [-0.2, 0) is 27.3 Å². The molecule has 0 bridgehead atoms. The summed E-state index contributed by atoms with van der Waals surface area (Å²) in [7, 11) is 0. The number of likely N-dealkylation sites (tertiary alicyclic amines) is 1. The van der Waals surface area contributed by atoms with Crippen LogP contribution in [0.1, 0.15) is 60.0 Å². The number of aliphatic carboxylic acids is 1. The van der Waals surface area contributed by atoms with Crippen molar-refractivity contribution in [3.63, 3.8) is 0 Å². The zero-order chi connectivity index (χ0) is 32.3. The Morgan fingerprint density at radius 3 is 2.33 bits per heavy atom. The van der Waals surface area contributed by atoms with Crippen molar-refractivity contribution in [2.45, 2.75) is 63.6 Å². The molecular formula is C36H37ClFN3O5. The first-order chi connectivity index (χ1) is 22.2. The first kappa shape index (κ1) is 31.9. The highest BCUT2D eigenvalue weighted by atomic mass is 35.5. The van der Waals surface area contributed by atoms with E-state index in [2.05, 4.69) is 5.32 Å². The number of halogens is 2. The summed E-state index contributed by atoms with van der Waals surface area (Å²) in [5.74, 6) is -4.98. The number of carbonyl (C=O) groups is 3. The van der Waals surface area contributed by atoms with Gasteiger partial charge in [0.05, 0.1) is 28.3 Å². The molecule has 1 aromatic heterocycles. The van der Waals surface area contributed by atoms with Crippen molar-refractivity contribution in [1.29, 1.82) is 0 Å². The number of aromatic nitrogens is 1. The molecule has 2 aliphatic rings. The number of hydrogen-bond acceptors (Lipinski definition) is 5. The Kier molecular flexibility index (Phi) is 9.54. The van der Waals surface area contributed by atoms with Gasteiger partial charge in [-0.2, -0.15) is 4.39 Å². The molecular weight excluding hydrogens is 609 g/mol. The molecule has 3 aromatic carbocycles. The van der Waals surface area contributed by atoms with Gasteiger partial charge in [-0.25, -0.2) is 4.90 Å². The second-order valence-corrected chi connectivity index (χ2v) is 12.6. The summed E-state index contributed by atoms with van der Waals surface area (Å²) in [6.07, 6.45) is 4.12. The Morgan fingerprint density at radius 2 is 1.63 bits per heavy atom. The van der Waals surface area contributed by atoms with Crippen LogP contribution in [0.4, 0.5) is 10.1 Å². The largest absolute Gasteiger partial charge is 0.481 e. The van der Waals surface area contributed by atoms with Gasteiger partial charge in [-0.3, -0.25) is 14.4 Å². The summed E-state index contributed by atoms with van der Waals surface area (Å²) >= 11 is 6.60. The van der Waals surface area contributed by atoms with Gasteiger partial charge in [0.2, 0.25) is 5.78 Å². The summed E-state index contributed by atoms with van der Waals surface area (Å²) in [6.45, 7) is 1.42. The van der Waals surface area contributed by atoms with Gasteiger partial charge in [-0.05, 0) is 67.9 Å². The Labute approximate surface area is 272 Å². The number of Topliss-reactive ketones (excluding diaryl/α,β-unsaturated/α-hetero) is 1.